The van der Waals surface area contributed by atoms with E-state index in [-0.39, 0.29) is 0 Å². The highest BCUT2D eigenvalue weighted by atomic mass is 16.3. The SMILES string of the molecule is c1ccc(-c2cccc(-c3ccccc3)c2-c2ccc(N(c3ccc(C4CC5CCC4C5)cc3)c3ccc4c(c3)oc3ccccc34)cc2)cc1. The third-order valence-corrected chi connectivity index (χ3v) is 11.6. The number of benzene rings is 7. The Balaban J connectivity index is 1.09. The number of para-hydroxylation sites is 1. The number of furan rings is 1. The van der Waals surface area contributed by atoms with Gasteiger partial charge < -0.3 is 9.32 Å². The van der Waals surface area contributed by atoms with Crippen LogP contribution in [0.4, 0.5) is 17.1 Å². The van der Waals surface area contributed by atoms with Crippen molar-refractivity contribution in [3.63, 3.8) is 0 Å². The van der Waals surface area contributed by atoms with E-state index in [4.69, 9.17) is 4.42 Å². The molecular formula is C49H39NO. The summed E-state index contributed by atoms with van der Waals surface area (Å²) in [5, 5.41) is 2.29. The molecule has 2 aliphatic rings. The fraction of sp³-hybridized carbons (Fsp3) is 0.143. The first-order valence-electron chi connectivity index (χ1n) is 18.4. The molecule has 2 nitrogen and oxygen atoms in total. The number of nitrogens with zero attached hydrogens (tertiary/aromatic N) is 1. The van der Waals surface area contributed by atoms with Crippen LogP contribution in [0.5, 0.6) is 0 Å². The van der Waals surface area contributed by atoms with Gasteiger partial charge in [-0.2, -0.15) is 0 Å². The summed E-state index contributed by atoms with van der Waals surface area (Å²) in [5.74, 6) is 2.50. The van der Waals surface area contributed by atoms with Gasteiger partial charge in [0.05, 0.1) is 0 Å². The first-order chi connectivity index (χ1) is 25.3. The van der Waals surface area contributed by atoms with E-state index in [1.165, 1.54) is 64.6 Å². The minimum Gasteiger partial charge on any atom is -0.456 e. The molecule has 2 aliphatic carbocycles. The van der Waals surface area contributed by atoms with Crippen LogP contribution in [-0.2, 0) is 0 Å². The molecule has 51 heavy (non-hydrogen) atoms. The van der Waals surface area contributed by atoms with E-state index in [0.717, 1.165) is 50.8 Å². The highest BCUT2D eigenvalue weighted by Crippen LogP contribution is 2.53. The lowest BCUT2D eigenvalue weighted by atomic mass is 9.83. The Hall–Kier alpha value is -5.86. The van der Waals surface area contributed by atoms with Crippen molar-refractivity contribution in [1.82, 2.24) is 0 Å². The van der Waals surface area contributed by atoms with Crippen LogP contribution in [-0.4, -0.2) is 0 Å². The van der Waals surface area contributed by atoms with Crippen molar-refractivity contribution in [2.24, 2.45) is 11.8 Å². The molecule has 2 heteroatoms. The molecular weight excluding hydrogens is 619 g/mol. The predicted octanol–water partition coefficient (Wildman–Crippen LogP) is 14.0. The van der Waals surface area contributed by atoms with E-state index in [2.05, 4.69) is 169 Å². The Bertz CT molecular complexity index is 2420. The van der Waals surface area contributed by atoms with Crippen molar-refractivity contribution in [3.8, 4) is 33.4 Å². The van der Waals surface area contributed by atoms with E-state index in [9.17, 15) is 0 Å². The molecule has 2 bridgehead atoms. The maximum Gasteiger partial charge on any atom is 0.137 e. The molecule has 0 amide bonds. The van der Waals surface area contributed by atoms with Gasteiger partial charge in [-0.3, -0.25) is 0 Å². The second kappa shape index (κ2) is 12.5. The van der Waals surface area contributed by atoms with Crippen molar-refractivity contribution in [2.45, 2.75) is 31.6 Å². The fourth-order valence-corrected chi connectivity index (χ4v) is 9.18. The van der Waals surface area contributed by atoms with Crippen LogP contribution in [0.3, 0.4) is 0 Å². The van der Waals surface area contributed by atoms with Crippen LogP contribution < -0.4 is 4.90 Å². The number of hydrogen-bond donors (Lipinski definition) is 0. The van der Waals surface area contributed by atoms with Crippen LogP contribution in [0.2, 0.25) is 0 Å². The number of anilines is 3. The molecule has 1 aromatic heterocycles. The van der Waals surface area contributed by atoms with E-state index < -0.39 is 0 Å². The lowest BCUT2D eigenvalue weighted by molar-refractivity contribution is 0.420. The monoisotopic (exact) mass is 657 g/mol. The normalized spacial score (nSPS) is 18.1. The van der Waals surface area contributed by atoms with Gasteiger partial charge in [-0.25, -0.2) is 0 Å². The molecule has 0 spiro atoms. The Labute approximate surface area is 299 Å². The second-order valence-corrected chi connectivity index (χ2v) is 14.5. The summed E-state index contributed by atoms with van der Waals surface area (Å²) < 4.78 is 6.39. The molecule has 0 radical (unpaired) electrons. The minimum atomic E-state index is 0.709. The van der Waals surface area contributed by atoms with Crippen LogP contribution >= 0.6 is 0 Å². The highest BCUT2D eigenvalue weighted by molar-refractivity contribution is 6.06. The van der Waals surface area contributed by atoms with E-state index in [0.29, 0.717) is 5.92 Å². The Morgan fingerprint density at radius 2 is 1.06 bits per heavy atom. The van der Waals surface area contributed by atoms with E-state index in [1.54, 1.807) is 0 Å². The van der Waals surface area contributed by atoms with Gasteiger partial charge in [0.2, 0.25) is 0 Å². The lowest BCUT2D eigenvalue weighted by Gasteiger charge is -2.27. The van der Waals surface area contributed by atoms with Gasteiger partial charge >= 0.3 is 0 Å². The summed E-state index contributed by atoms with van der Waals surface area (Å²) in [6, 6.07) is 61.7. The van der Waals surface area contributed by atoms with Gasteiger partial charge in [0.25, 0.3) is 0 Å². The quantitative estimate of drug-likeness (QED) is 0.170. The summed E-state index contributed by atoms with van der Waals surface area (Å²) in [6.07, 6.45) is 5.59. The number of rotatable bonds is 7. The topological polar surface area (TPSA) is 16.4 Å². The number of fused-ring (bicyclic) bond motifs is 5. The fourth-order valence-electron chi connectivity index (χ4n) is 9.18. The zero-order valence-electron chi connectivity index (χ0n) is 28.6. The number of hydrogen-bond acceptors (Lipinski definition) is 2. The van der Waals surface area contributed by atoms with Gasteiger partial charge in [0.1, 0.15) is 11.2 Å². The maximum atomic E-state index is 6.39. The highest BCUT2D eigenvalue weighted by Gasteiger charge is 2.40. The first-order valence-corrected chi connectivity index (χ1v) is 18.4. The van der Waals surface area contributed by atoms with Gasteiger partial charge in [-0.1, -0.05) is 128 Å². The lowest BCUT2D eigenvalue weighted by Crippen LogP contribution is -2.11. The summed E-state index contributed by atoms with van der Waals surface area (Å²) in [5.41, 5.74) is 14.0. The van der Waals surface area contributed by atoms with Gasteiger partial charge in [-0.15, -0.1) is 0 Å². The summed E-state index contributed by atoms with van der Waals surface area (Å²) in [6.45, 7) is 0. The largest absolute Gasteiger partial charge is 0.456 e. The molecule has 7 aromatic carbocycles. The van der Waals surface area contributed by atoms with Crippen molar-refractivity contribution in [3.05, 3.63) is 175 Å². The van der Waals surface area contributed by atoms with E-state index in [1.807, 2.05) is 6.07 Å². The smallest absolute Gasteiger partial charge is 0.137 e. The van der Waals surface area contributed by atoms with Crippen LogP contribution in [0.15, 0.2) is 174 Å². The Kier molecular flexibility index (Phi) is 7.34. The molecule has 246 valence electrons. The molecule has 3 atom stereocenters. The van der Waals surface area contributed by atoms with Crippen molar-refractivity contribution < 1.29 is 4.42 Å². The predicted molar refractivity (Wildman–Crippen MR) is 213 cm³/mol. The molecule has 0 aliphatic heterocycles. The molecule has 2 saturated carbocycles. The van der Waals surface area contributed by atoms with Crippen LogP contribution in [0, 0.1) is 11.8 Å². The standard InChI is InChI=1S/C49H39NO/c1-3-10-34(11-4-1)42-15-9-16-43(35-12-5-2-6-13-35)49(42)37-22-26-40(27-23-37)50(39-24-20-36(21-25-39)46-31-33-18-19-38(46)30-33)41-28-29-45-44-14-7-8-17-47(44)51-48(45)32-41/h1-17,20-29,32-33,38,46H,18-19,30-31H2. The summed E-state index contributed by atoms with van der Waals surface area (Å²) in [7, 11) is 0. The van der Waals surface area contributed by atoms with Crippen molar-refractivity contribution in [1.29, 1.82) is 0 Å². The first kappa shape index (κ1) is 30.0. The third-order valence-electron chi connectivity index (χ3n) is 11.6. The van der Waals surface area contributed by atoms with Crippen molar-refractivity contribution >= 4 is 39.0 Å². The average Bonchev–Trinajstić information content (AvgIpc) is 3.94. The van der Waals surface area contributed by atoms with Gasteiger partial charge in [0, 0.05) is 33.9 Å². The zero-order chi connectivity index (χ0) is 33.7. The molecule has 0 saturated heterocycles. The average molecular weight is 658 g/mol. The molecule has 0 N–H and O–H groups in total. The Morgan fingerprint density at radius 3 is 1.71 bits per heavy atom. The minimum absolute atomic E-state index is 0.709. The second-order valence-electron chi connectivity index (χ2n) is 14.5. The molecule has 1 heterocycles. The molecule has 2 fully saturated rings. The summed E-state index contributed by atoms with van der Waals surface area (Å²) in [4.78, 5) is 2.38. The molecule has 10 rings (SSSR count). The van der Waals surface area contributed by atoms with E-state index >= 15 is 0 Å². The Morgan fingerprint density at radius 1 is 0.451 bits per heavy atom. The third kappa shape index (κ3) is 5.34. The summed E-state index contributed by atoms with van der Waals surface area (Å²) >= 11 is 0. The van der Waals surface area contributed by atoms with Gasteiger partial charge in [0.15, 0.2) is 0 Å². The van der Waals surface area contributed by atoms with Crippen LogP contribution in [0.25, 0.3) is 55.3 Å². The van der Waals surface area contributed by atoms with Crippen LogP contribution in [0.1, 0.15) is 37.2 Å². The molecule has 8 aromatic rings. The van der Waals surface area contributed by atoms with Gasteiger partial charge in [-0.05, 0) is 118 Å². The zero-order valence-corrected chi connectivity index (χ0v) is 28.6. The van der Waals surface area contributed by atoms with Crippen molar-refractivity contribution in [2.75, 3.05) is 4.90 Å². The maximum absolute atomic E-state index is 6.39. The molecule has 3 unspecified atom stereocenters.